The number of nitrogens with zero attached hydrogens (tertiary/aromatic N) is 3. The molecule has 4 aromatic rings. The van der Waals surface area contributed by atoms with Gasteiger partial charge in [-0.25, -0.2) is 9.37 Å². The normalized spacial score (nSPS) is 14.2. The van der Waals surface area contributed by atoms with Crippen LogP contribution in [0.25, 0.3) is 22.0 Å². The van der Waals surface area contributed by atoms with Gasteiger partial charge in [0.25, 0.3) is 0 Å². The number of H-pyrrole nitrogens is 1. The number of fused-ring (bicyclic) bond motifs is 1. The number of halogens is 4. The maximum absolute atomic E-state index is 14.1. The lowest BCUT2D eigenvalue weighted by Crippen LogP contribution is -2.35. The van der Waals surface area contributed by atoms with E-state index in [1.807, 2.05) is 0 Å². The Morgan fingerprint density at radius 1 is 0.935 bits per heavy atom. The number of aromatic amines is 1. The van der Waals surface area contributed by atoms with Crippen LogP contribution in [0.1, 0.15) is 30.8 Å². The number of pyridine rings is 1. The van der Waals surface area contributed by atoms with Gasteiger partial charge in [0.2, 0.25) is 0 Å². The minimum atomic E-state index is -4.67. The molecule has 0 bridgehead atoms. The van der Waals surface area contributed by atoms with Gasteiger partial charge in [0, 0.05) is 11.6 Å². The van der Waals surface area contributed by atoms with Gasteiger partial charge in [-0.1, -0.05) is 43.3 Å². The molecule has 4 rings (SSSR count). The molecule has 0 aliphatic carbocycles. The van der Waals surface area contributed by atoms with Crippen molar-refractivity contribution in [2.75, 3.05) is 0 Å². The minimum absolute atomic E-state index is 0.0678. The molecule has 1 unspecified atom stereocenters. The molecule has 0 amide bonds. The topological polar surface area (TPSA) is 74.7 Å². The summed E-state index contributed by atoms with van der Waals surface area (Å²) in [5.74, 6) is -0.923. The molecular weight excluding hydrogens is 412 g/mol. The number of alkyl halides is 3. The zero-order valence-corrected chi connectivity index (χ0v) is 16.6. The van der Waals surface area contributed by atoms with Gasteiger partial charge >= 0.3 is 6.18 Å². The van der Waals surface area contributed by atoms with Crippen LogP contribution in [-0.2, 0) is 11.8 Å². The summed E-state index contributed by atoms with van der Waals surface area (Å²) in [5.41, 5.74) is -1.91. The van der Waals surface area contributed by atoms with Gasteiger partial charge in [-0.2, -0.15) is 13.2 Å². The van der Waals surface area contributed by atoms with E-state index < -0.39 is 23.2 Å². The quantitative estimate of drug-likeness (QED) is 0.444. The first-order valence-electron chi connectivity index (χ1n) is 9.49. The minimum Gasteiger partial charge on any atom is -0.377 e. The van der Waals surface area contributed by atoms with Crippen LogP contribution < -0.4 is 0 Å². The number of aromatic nitrogens is 4. The molecule has 0 radical (unpaired) electrons. The zero-order valence-electron chi connectivity index (χ0n) is 16.6. The first-order valence-corrected chi connectivity index (χ1v) is 9.49. The van der Waals surface area contributed by atoms with Gasteiger partial charge in [0.05, 0.1) is 16.8 Å². The molecule has 5 nitrogen and oxygen atoms in total. The highest BCUT2D eigenvalue weighted by Crippen LogP contribution is 2.42. The van der Waals surface area contributed by atoms with Crippen molar-refractivity contribution >= 4 is 10.9 Å². The SMILES string of the molecule is CC(C)C(O)(c1c[nH]nn1)c1ccc2c(C(F)(F)F)c(-c3ccc(F)cc3)ccc2n1. The highest BCUT2D eigenvalue weighted by molar-refractivity contribution is 5.90. The largest absolute Gasteiger partial charge is 0.417 e. The van der Waals surface area contributed by atoms with E-state index in [4.69, 9.17) is 0 Å². The van der Waals surface area contributed by atoms with Crippen molar-refractivity contribution in [1.29, 1.82) is 0 Å². The van der Waals surface area contributed by atoms with E-state index in [-0.39, 0.29) is 39.3 Å². The third-order valence-corrected chi connectivity index (χ3v) is 5.34. The summed E-state index contributed by atoms with van der Waals surface area (Å²) in [6.45, 7) is 3.50. The Labute approximate surface area is 174 Å². The van der Waals surface area contributed by atoms with E-state index in [0.29, 0.717) is 0 Å². The average Bonchev–Trinajstić information content (AvgIpc) is 3.27. The second-order valence-electron chi connectivity index (χ2n) is 7.54. The monoisotopic (exact) mass is 430 g/mol. The van der Waals surface area contributed by atoms with Crippen LogP contribution in [-0.4, -0.2) is 25.5 Å². The molecular formula is C22H18F4N4O. The molecule has 9 heteroatoms. The fourth-order valence-corrected chi connectivity index (χ4v) is 3.70. The molecule has 0 fully saturated rings. The Kier molecular flexibility index (Phi) is 5.01. The molecule has 0 aliphatic rings. The van der Waals surface area contributed by atoms with Crippen LogP contribution >= 0.6 is 0 Å². The molecule has 2 N–H and O–H groups in total. The standard InChI is InChI=1S/C22H18F4N4O/c1-12(2)21(31,19-11-27-30-29-19)18-10-8-16-17(28-18)9-7-15(20(16)22(24,25)26)13-3-5-14(23)6-4-13/h3-12,31H,1-2H3,(H,27,29,30). The summed E-state index contributed by atoms with van der Waals surface area (Å²) in [4.78, 5) is 4.36. The Hall–Kier alpha value is -3.33. The van der Waals surface area contributed by atoms with Crippen molar-refractivity contribution in [3.8, 4) is 11.1 Å². The van der Waals surface area contributed by atoms with Gasteiger partial charge in [-0.3, -0.25) is 5.10 Å². The summed E-state index contributed by atoms with van der Waals surface area (Å²) in [5, 5.41) is 21.2. The molecule has 160 valence electrons. The molecule has 0 saturated carbocycles. The number of nitrogens with one attached hydrogen (secondary N) is 1. The third kappa shape index (κ3) is 3.54. The van der Waals surface area contributed by atoms with E-state index in [2.05, 4.69) is 20.4 Å². The summed E-state index contributed by atoms with van der Waals surface area (Å²) in [6, 6.07) is 10.2. The number of hydrogen-bond acceptors (Lipinski definition) is 4. The highest BCUT2D eigenvalue weighted by Gasteiger charge is 2.40. The molecule has 31 heavy (non-hydrogen) atoms. The van der Waals surface area contributed by atoms with E-state index in [0.717, 1.165) is 12.1 Å². The van der Waals surface area contributed by atoms with E-state index in [9.17, 15) is 22.7 Å². The van der Waals surface area contributed by atoms with Crippen molar-refractivity contribution in [2.45, 2.75) is 25.6 Å². The maximum Gasteiger partial charge on any atom is 0.417 e. The third-order valence-electron chi connectivity index (χ3n) is 5.34. The predicted molar refractivity (Wildman–Crippen MR) is 106 cm³/mol. The summed E-state index contributed by atoms with van der Waals surface area (Å²) < 4.78 is 55.4. The van der Waals surface area contributed by atoms with Crippen LogP contribution in [0.15, 0.2) is 54.7 Å². The maximum atomic E-state index is 14.1. The van der Waals surface area contributed by atoms with E-state index in [1.54, 1.807) is 13.8 Å². The van der Waals surface area contributed by atoms with Crippen molar-refractivity contribution < 1.29 is 22.7 Å². The van der Waals surface area contributed by atoms with Crippen LogP contribution in [0.2, 0.25) is 0 Å². The average molecular weight is 430 g/mol. The van der Waals surface area contributed by atoms with Crippen molar-refractivity contribution in [3.63, 3.8) is 0 Å². The van der Waals surface area contributed by atoms with Crippen LogP contribution in [0, 0.1) is 11.7 Å². The lowest BCUT2D eigenvalue weighted by Gasteiger charge is -2.29. The second kappa shape index (κ2) is 7.42. The number of aliphatic hydroxyl groups is 1. The smallest absolute Gasteiger partial charge is 0.377 e. The lowest BCUT2D eigenvalue weighted by molar-refractivity contribution is -0.135. The van der Waals surface area contributed by atoms with Gasteiger partial charge in [-0.15, -0.1) is 5.10 Å². The van der Waals surface area contributed by atoms with Gasteiger partial charge < -0.3 is 5.11 Å². The van der Waals surface area contributed by atoms with Crippen molar-refractivity contribution in [3.05, 3.63) is 77.5 Å². The first-order chi connectivity index (χ1) is 14.6. The van der Waals surface area contributed by atoms with E-state index in [1.165, 1.54) is 42.6 Å². The molecule has 0 aliphatic heterocycles. The Bertz CT molecular complexity index is 1220. The van der Waals surface area contributed by atoms with Crippen molar-refractivity contribution in [2.24, 2.45) is 5.92 Å². The molecule has 2 heterocycles. The number of hydrogen-bond donors (Lipinski definition) is 2. The summed E-state index contributed by atoms with van der Waals surface area (Å²) in [6.07, 6.45) is -3.25. The van der Waals surface area contributed by atoms with Crippen molar-refractivity contribution in [1.82, 2.24) is 20.4 Å². The molecule has 2 aromatic carbocycles. The molecule has 0 saturated heterocycles. The van der Waals surface area contributed by atoms with Gasteiger partial charge in [-0.05, 0) is 41.3 Å². The van der Waals surface area contributed by atoms with Gasteiger partial charge in [0.15, 0.2) is 5.60 Å². The fourth-order valence-electron chi connectivity index (χ4n) is 3.70. The van der Waals surface area contributed by atoms with Crippen LogP contribution in [0.3, 0.4) is 0 Å². The number of benzene rings is 2. The Morgan fingerprint density at radius 2 is 1.65 bits per heavy atom. The molecule has 2 aromatic heterocycles. The lowest BCUT2D eigenvalue weighted by atomic mass is 9.83. The van der Waals surface area contributed by atoms with Crippen LogP contribution in [0.4, 0.5) is 17.6 Å². The Morgan fingerprint density at radius 3 is 2.23 bits per heavy atom. The zero-order chi connectivity index (χ0) is 22.4. The predicted octanol–water partition coefficient (Wildman–Crippen LogP) is 5.07. The van der Waals surface area contributed by atoms with Crippen LogP contribution in [0.5, 0.6) is 0 Å². The highest BCUT2D eigenvalue weighted by atomic mass is 19.4. The Balaban J connectivity index is 1.95. The van der Waals surface area contributed by atoms with Gasteiger partial charge in [0.1, 0.15) is 11.5 Å². The molecule has 1 atom stereocenters. The molecule has 0 spiro atoms. The second-order valence-corrected chi connectivity index (χ2v) is 7.54. The van der Waals surface area contributed by atoms with E-state index >= 15 is 0 Å². The fraction of sp³-hybridized carbons (Fsp3) is 0.227. The summed E-state index contributed by atoms with van der Waals surface area (Å²) >= 11 is 0. The number of rotatable bonds is 4. The summed E-state index contributed by atoms with van der Waals surface area (Å²) in [7, 11) is 0. The first kappa shape index (κ1) is 20.9.